The number of nitrogens with one attached hydrogen (secondary N) is 1. The molecule has 0 saturated carbocycles. The average Bonchev–Trinajstić information content (AvgIpc) is 3.21. The van der Waals surface area contributed by atoms with Crippen molar-refractivity contribution in [2.75, 3.05) is 37.5 Å². The third kappa shape index (κ3) is 6.18. The van der Waals surface area contributed by atoms with Gasteiger partial charge in [-0.3, -0.25) is 0 Å². The Kier molecular flexibility index (Phi) is 7.51. The zero-order valence-electron chi connectivity index (χ0n) is 18.0. The van der Waals surface area contributed by atoms with E-state index in [0.717, 1.165) is 43.3 Å². The third-order valence-corrected chi connectivity index (χ3v) is 5.75. The summed E-state index contributed by atoms with van der Waals surface area (Å²) >= 11 is 5.79. The van der Waals surface area contributed by atoms with Crippen LogP contribution in [0.5, 0.6) is 0 Å². The molecule has 156 valence electrons. The molecule has 1 N–H and O–H groups in total. The van der Waals surface area contributed by atoms with E-state index < -0.39 is 0 Å². The van der Waals surface area contributed by atoms with E-state index in [0.29, 0.717) is 5.92 Å². The molecule has 0 unspecified atom stereocenters. The summed E-state index contributed by atoms with van der Waals surface area (Å²) < 4.78 is 5.88. The molecule has 1 aliphatic heterocycles. The van der Waals surface area contributed by atoms with Crippen molar-refractivity contribution < 1.29 is 4.74 Å². The summed E-state index contributed by atoms with van der Waals surface area (Å²) in [5, 5.41) is 4.17. The van der Waals surface area contributed by atoms with Crippen LogP contribution in [0.25, 0.3) is 0 Å². The first kappa shape index (κ1) is 21.6. The summed E-state index contributed by atoms with van der Waals surface area (Å²) in [4.78, 5) is 4.34. The summed E-state index contributed by atoms with van der Waals surface area (Å²) in [5.74, 6) is 0.525. The molecular weight excluding hydrogens is 378 g/mol. The van der Waals surface area contributed by atoms with E-state index in [2.05, 4.69) is 91.6 Å². The number of anilines is 2. The lowest BCUT2D eigenvalue weighted by atomic mass is 10.0. The van der Waals surface area contributed by atoms with Gasteiger partial charge in [0.15, 0.2) is 5.11 Å². The van der Waals surface area contributed by atoms with Crippen LogP contribution in [-0.2, 0) is 11.3 Å². The fourth-order valence-electron chi connectivity index (χ4n) is 3.53. The zero-order valence-corrected chi connectivity index (χ0v) is 18.8. The summed E-state index contributed by atoms with van der Waals surface area (Å²) in [5.41, 5.74) is 4.80. The van der Waals surface area contributed by atoms with Crippen LogP contribution < -0.4 is 10.2 Å². The standard InChI is InChI=1S/C24H33N3OS/c1-18(2)20-9-11-21(12-10-20)25-24(29)27(17-23-6-5-15-28-23)16-19-7-13-22(14-8-19)26(3)4/h7-14,18,23H,5-6,15-17H2,1-4H3,(H,25,29)/t23-/m1/s1. The smallest absolute Gasteiger partial charge is 0.173 e. The van der Waals surface area contributed by atoms with Crippen molar-refractivity contribution in [1.82, 2.24) is 4.90 Å². The first-order valence-corrected chi connectivity index (χ1v) is 10.9. The number of hydrogen-bond donors (Lipinski definition) is 1. The molecule has 2 aromatic rings. The maximum absolute atomic E-state index is 5.88. The highest BCUT2D eigenvalue weighted by Gasteiger charge is 2.21. The van der Waals surface area contributed by atoms with Gasteiger partial charge in [-0.1, -0.05) is 38.1 Å². The number of rotatable bonds is 7. The minimum Gasteiger partial charge on any atom is -0.378 e. The third-order valence-electron chi connectivity index (χ3n) is 5.39. The molecule has 3 rings (SSSR count). The molecule has 1 atom stereocenters. The van der Waals surface area contributed by atoms with E-state index in [4.69, 9.17) is 17.0 Å². The van der Waals surface area contributed by atoms with Gasteiger partial charge in [0, 0.05) is 45.2 Å². The van der Waals surface area contributed by atoms with Gasteiger partial charge in [0.2, 0.25) is 0 Å². The molecule has 0 spiro atoms. The van der Waals surface area contributed by atoms with Gasteiger partial charge in [-0.15, -0.1) is 0 Å². The zero-order chi connectivity index (χ0) is 20.8. The number of benzene rings is 2. The van der Waals surface area contributed by atoms with Crippen molar-refractivity contribution in [3.8, 4) is 0 Å². The van der Waals surface area contributed by atoms with E-state index in [1.807, 2.05) is 0 Å². The molecule has 0 aromatic heterocycles. The number of ether oxygens (including phenoxy) is 1. The highest BCUT2D eigenvalue weighted by Crippen LogP contribution is 2.20. The number of nitrogens with zero attached hydrogens (tertiary/aromatic N) is 2. The Bertz CT molecular complexity index is 781. The Balaban J connectivity index is 1.70. The van der Waals surface area contributed by atoms with Crippen LogP contribution in [0.1, 0.15) is 43.7 Å². The largest absolute Gasteiger partial charge is 0.378 e. The fourth-order valence-corrected chi connectivity index (χ4v) is 3.78. The van der Waals surface area contributed by atoms with Gasteiger partial charge in [0.05, 0.1) is 6.10 Å². The van der Waals surface area contributed by atoms with Crippen LogP contribution in [0, 0.1) is 0 Å². The maximum atomic E-state index is 5.88. The van der Waals surface area contributed by atoms with Gasteiger partial charge in [-0.25, -0.2) is 0 Å². The van der Waals surface area contributed by atoms with Crippen molar-refractivity contribution >= 4 is 28.7 Å². The van der Waals surface area contributed by atoms with Crippen molar-refractivity contribution in [1.29, 1.82) is 0 Å². The Morgan fingerprint density at radius 3 is 2.34 bits per heavy atom. The predicted molar refractivity (Wildman–Crippen MR) is 127 cm³/mol. The van der Waals surface area contributed by atoms with E-state index in [1.165, 1.54) is 16.8 Å². The molecule has 29 heavy (non-hydrogen) atoms. The molecule has 4 nitrogen and oxygen atoms in total. The average molecular weight is 412 g/mol. The van der Waals surface area contributed by atoms with Crippen LogP contribution >= 0.6 is 12.2 Å². The van der Waals surface area contributed by atoms with E-state index in [1.54, 1.807) is 0 Å². The van der Waals surface area contributed by atoms with Gasteiger partial charge in [0.25, 0.3) is 0 Å². The fraction of sp³-hybridized carbons (Fsp3) is 0.458. The minimum absolute atomic E-state index is 0.249. The Hall–Kier alpha value is -2.11. The highest BCUT2D eigenvalue weighted by molar-refractivity contribution is 7.80. The molecule has 0 amide bonds. The van der Waals surface area contributed by atoms with E-state index >= 15 is 0 Å². The Morgan fingerprint density at radius 2 is 1.79 bits per heavy atom. The normalized spacial score (nSPS) is 16.1. The molecule has 5 heteroatoms. The van der Waals surface area contributed by atoms with Crippen molar-refractivity contribution in [3.63, 3.8) is 0 Å². The first-order chi connectivity index (χ1) is 13.9. The van der Waals surface area contributed by atoms with Gasteiger partial charge >= 0.3 is 0 Å². The Morgan fingerprint density at radius 1 is 1.10 bits per heavy atom. The minimum atomic E-state index is 0.249. The molecule has 0 bridgehead atoms. The van der Waals surface area contributed by atoms with Gasteiger partial charge < -0.3 is 19.9 Å². The van der Waals surface area contributed by atoms with Crippen LogP contribution in [-0.4, -0.2) is 43.4 Å². The highest BCUT2D eigenvalue weighted by atomic mass is 32.1. The SMILES string of the molecule is CC(C)c1ccc(NC(=S)N(Cc2ccc(N(C)C)cc2)C[C@H]2CCCO2)cc1. The monoisotopic (exact) mass is 411 g/mol. The second kappa shape index (κ2) is 10.1. The number of thiocarbonyl (C=S) groups is 1. The van der Waals surface area contributed by atoms with Gasteiger partial charge in [-0.2, -0.15) is 0 Å². The summed E-state index contributed by atoms with van der Waals surface area (Å²) in [7, 11) is 4.12. The lowest BCUT2D eigenvalue weighted by Crippen LogP contribution is -2.39. The second-order valence-corrected chi connectivity index (χ2v) is 8.67. The van der Waals surface area contributed by atoms with Crippen molar-refractivity contribution in [2.24, 2.45) is 0 Å². The molecule has 1 heterocycles. The summed E-state index contributed by atoms with van der Waals surface area (Å²) in [6.07, 6.45) is 2.48. The molecule has 0 radical (unpaired) electrons. The lowest BCUT2D eigenvalue weighted by molar-refractivity contribution is 0.0905. The number of hydrogen-bond acceptors (Lipinski definition) is 3. The Labute approximate surface area is 180 Å². The molecule has 1 aliphatic rings. The predicted octanol–water partition coefficient (Wildman–Crippen LogP) is 5.25. The lowest BCUT2D eigenvalue weighted by Gasteiger charge is -2.28. The summed E-state index contributed by atoms with van der Waals surface area (Å²) in [6.45, 7) is 6.84. The molecule has 2 aromatic carbocycles. The van der Waals surface area contributed by atoms with Gasteiger partial charge in [-0.05, 0) is 66.4 Å². The van der Waals surface area contributed by atoms with Crippen LogP contribution in [0.3, 0.4) is 0 Å². The van der Waals surface area contributed by atoms with Crippen molar-refractivity contribution in [2.45, 2.75) is 45.3 Å². The summed E-state index contributed by atoms with van der Waals surface area (Å²) in [6, 6.07) is 17.2. The quantitative estimate of drug-likeness (QED) is 0.628. The van der Waals surface area contributed by atoms with Crippen LogP contribution in [0.2, 0.25) is 0 Å². The molecule has 0 aliphatic carbocycles. The second-order valence-electron chi connectivity index (χ2n) is 8.28. The van der Waals surface area contributed by atoms with E-state index in [-0.39, 0.29) is 6.10 Å². The van der Waals surface area contributed by atoms with Crippen molar-refractivity contribution in [3.05, 3.63) is 59.7 Å². The van der Waals surface area contributed by atoms with E-state index in [9.17, 15) is 0 Å². The maximum Gasteiger partial charge on any atom is 0.173 e. The molecule has 1 saturated heterocycles. The topological polar surface area (TPSA) is 27.7 Å². The van der Waals surface area contributed by atoms with Crippen LogP contribution in [0.4, 0.5) is 11.4 Å². The molecular formula is C24H33N3OS. The first-order valence-electron chi connectivity index (χ1n) is 10.5. The van der Waals surface area contributed by atoms with Gasteiger partial charge in [0.1, 0.15) is 0 Å². The van der Waals surface area contributed by atoms with Crippen LogP contribution in [0.15, 0.2) is 48.5 Å². The molecule has 1 fully saturated rings.